The van der Waals surface area contributed by atoms with Gasteiger partial charge in [0.2, 0.25) is 10.0 Å². The van der Waals surface area contributed by atoms with Gasteiger partial charge < -0.3 is 4.74 Å². The van der Waals surface area contributed by atoms with Crippen LogP contribution in [-0.2, 0) is 16.6 Å². The molecule has 0 saturated heterocycles. The van der Waals surface area contributed by atoms with Gasteiger partial charge in [-0.1, -0.05) is 33.3 Å². The lowest BCUT2D eigenvalue weighted by Crippen LogP contribution is -2.24. The van der Waals surface area contributed by atoms with E-state index in [9.17, 15) is 8.42 Å². The Labute approximate surface area is 156 Å². The highest BCUT2D eigenvalue weighted by molar-refractivity contribution is 7.89. The van der Waals surface area contributed by atoms with Gasteiger partial charge in [-0.25, -0.2) is 13.1 Å². The Morgan fingerprint density at radius 3 is 2.65 bits per heavy atom. The zero-order chi connectivity index (χ0) is 19.2. The largest absolute Gasteiger partial charge is 0.492 e. The maximum absolute atomic E-state index is 12.9. The first-order valence-corrected chi connectivity index (χ1v) is 10.5. The van der Waals surface area contributed by atoms with Crippen LogP contribution in [0, 0.1) is 6.92 Å². The fourth-order valence-corrected chi connectivity index (χ4v) is 3.88. The van der Waals surface area contributed by atoms with Gasteiger partial charge in [-0.15, -0.1) is 0 Å². The molecule has 0 atom stereocenters. The molecule has 1 aromatic heterocycles. The summed E-state index contributed by atoms with van der Waals surface area (Å²) in [6.45, 7) is 8.86. The Morgan fingerprint density at radius 2 is 2.04 bits per heavy atom. The third kappa shape index (κ3) is 5.29. The van der Waals surface area contributed by atoms with Gasteiger partial charge in [-0.05, 0) is 54.2 Å². The maximum atomic E-state index is 12.9. The van der Waals surface area contributed by atoms with Crippen LogP contribution >= 0.6 is 0 Å². The average molecular weight is 377 g/mol. The zero-order valence-corrected chi connectivity index (χ0v) is 16.8. The van der Waals surface area contributed by atoms with E-state index in [1.54, 1.807) is 24.5 Å². The normalized spacial score (nSPS) is 11.7. The smallest absolute Gasteiger partial charge is 0.244 e. The van der Waals surface area contributed by atoms with E-state index in [2.05, 4.69) is 30.5 Å². The second-order valence-corrected chi connectivity index (χ2v) is 8.43. The van der Waals surface area contributed by atoms with Crippen molar-refractivity contribution in [3.8, 4) is 5.75 Å². The predicted molar refractivity (Wildman–Crippen MR) is 104 cm³/mol. The molecule has 0 amide bonds. The summed E-state index contributed by atoms with van der Waals surface area (Å²) in [6.07, 6.45) is 5.18. The van der Waals surface area contributed by atoms with Crippen LogP contribution in [0.2, 0.25) is 0 Å². The van der Waals surface area contributed by atoms with E-state index in [0.29, 0.717) is 12.4 Å². The molecule has 26 heavy (non-hydrogen) atoms. The van der Waals surface area contributed by atoms with Crippen LogP contribution in [0.5, 0.6) is 5.75 Å². The molecule has 0 aliphatic carbocycles. The molecule has 0 saturated carbocycles. The van der Waals surface area contributed by atoms with Crippen LogP contribution in [0.1, 0.15) is 56.2 Å². The van der Waals surface area contributed by atoms with Gasteiger partial charge in [0.15, 0.2) is 0 Å². The number of benzene rings is 1. The highest BCUT2D eigenvalue weighted by Gasteiger charge is 2.22. The second kappa shape index (κ2) is 9.14. The van der Waals surface area contributed by atoms with Crippen molar-refractivity contribution in [3.63, 3.8) is 0 Å². The van der Waals surface area contributed by atoms with E-state index in [0.717, 1.165) is 29.5 Å². The van der Waals surface area contributed by atoms with Gasteiger partial charge in [-0.2, -0.15) is 0 Å². The van der Waals surface area contributed by atoms with Crippen molar-refractivity contribution in [3.05, 3.63) is 53.3 Å². The van der Waals surface area contributed by atoms with Crippen molar-refractivity contribution in [2.45, 2.75) is 57.9 Å². The zero-order valence-electron chi connectivity index (χ0n) is 16.0. The number of hydrogen-bond acceptors (Lipinski definition) is 4. The number of unbranched alkanes of at least 4 members (excludes halogenated alkanes) is 1. The minimum atomic E-state index is -3.70. The molecule has 0 fully saturated rings. The molecule has 0 spiro atoms. The third-order valence-electron chi connectivity index (χ3n) is 4.19. The van der Waals surface area contributed by atoms with Crippen molar-refractivity contribution in [1.82, 2.24) is 9.71 Å². The van der Waals surface area contributed by atoms with Crippen molar-refractivity contribution >= 4 is 10.0 Å². The standard InChI is InChI=1S/C20H28N2O3S/c1-5-6-10-25-19-11-16(4)18(15(2)3)12-20(19)26(23,24)22-14-17-8-7-9-21-13-17/h7-9,11-13,15,22H,5-6,10,14H2,1-4H3. The molecule has 0 bridgehead atoms. The first kappa shape index (κ1) is 20.4. The summed E-state index contributed by atoms with van der Waals surface area (Å²) in [5, 5.41) is 0. The van der Waals surface area contributed by atoms with Crippen molar-refractivity contribution < 1.29 is 13.2 Å². The topological polar surface area (TPSA) is 68.3 Å². The first-order chi connectivity index (χ1) is 12.3. The molecule has 2 rings (SSSR count). The number of sulfonamides is 1. The summed E-state index contributed by atoms with van der Waals surface area (Å²) in [6, 6.07) is 7.20. The number of hydrogen-bond donors (Lipinski definition) is 1. The van der Waals surface area contributed by atoms with E-state index in [1.165, 1.54) is 0 Å². The van der Waals surface area contributed by atoms with Crippen molar-refractivity contribution in [1.29, 1.82) is 0 Å². The molecule has 1 heterocycles. The molecular weight excluding hydrogens is 348 g/mol. The number of aromatic nitrogens is 1. The average Bonchev–Trinajstić information content (AvgIpc) is 2.61. The number of nitrogens with one attached hydrogen (secondary N) is 1. The van der Waals surface area contributed by atoms with Crippen LogP contribution in [-0.4, -0.2) is 20.0 Å². The van der Waals surface area contributed by atoms with Gasteiger partial charge >= 0.3 is 0 Å². The highest BCUT2D eigenvalue weighted by atomic mass is 32.2. The van der Waals surface area contributed by atoms with Gasteiger partial charge in [0.25, 0.3) is 0 Å². The highest BCUT2D eigenvalue weighted by Crippen LogP contribution is 2.31. The lowest BCUT2D eigenvalue weighted by atomic mass is 9.98. The molecule has 1 N–H and O–H groups in total. The molecule has 0 unspecified atom stereocenters. The van der Waals surface area contributed by atoms with Gasteiger partial charge in [0.1, 0.15) is 10.6 Å². The van der Waals surface area contributed by atoms with Crippen LogP contribution < -0.4 is 9.46 Å². The maximum Gasteiger partial charge on any atom is 0.244 e. The minimum Gasteiger partial charge on any atom is -0.492 e. The third-order valence-corrected chi connectivity index (χ3v) is 5.61. The summed E-state index contributed by atoms with van der Waals surface area (Å²) in [7, 11) is -3.70. The molecule has 142 valence electrons. The summed E-state index contributed by atoms with van der Waals surface area (Å²) >= 11 is 0. The SMILES string of the molecule is CCCCOc1cc(C)c(C(C)C)cc1S(=O)(=O)NCc1cccnc1. The van der Waals surface area contributed by atoms with Crippen LogP contribution in [0.4, 0.5) is 0 Å². The minimum absolute atomic E-state index is 0.190. The number of aryl methyl sites for hydroxylation is 1. The predicted octanol–water partition coefficient (Wildman–Crippen LogP) is 4.17. The number of rotatable bonds is 9. The van der Waals surface area contributed by atoms with E-state index >= 15 is 0 Å². The Morgan fingerprint density at radius 1 is 1.27 bits per heavy atom. The van der Waals surface area contributed by atoms with Crippen LogP contribution in [0.3, 0.4) is 0 Å². The summed E-state index contributed by atoms with van der Waals surface area (Å²) in [5.41, 5.74) is 2.85. The molecule has 5 nitrogen and oxygen atoms in total. The van der Waals surface area contributed by atoms with E-state index in [1.807, 2.05) is 19.1 Å². The fraction of sp³-hybridized carbons (Fsp3) is 0.450. The van der Waals surface area contributed by atoms with Gasteiger partial charge in [0, 0.05) is 18.9 Å². The fourth-order valence-electron chi connectivity index (χ4n) is 2.71. The van der Waals surface area contributed by atoms with E-state index < -0.39 is 10.0 Å². The van der Waals surface area contributed by atoms with Gasteiger partial charge in [0.05, 0.1) is 6.61 Å². The second-order valence-electron chi connectivity index (χ2n) is 6.70. The lowest BCUT2D eigenvalue weighted by molar-refractivity contribution is 0.301. The molecule has 0 aliphatic heterocycles. The number of nitrogens with zero attached hydrogens (tertiary/aromatic N) is 1. The molecule has 0 radical (unpaired) electrons. The van der Waals surface area contributed by atoms with Crippen LogP contribution in [0.15, 0.2) is 41.6 Å². The summed E-state index contributed by atoms with van der Waals surface area (Å²) in [5.74, 6) is 0.644. The summed E-state index contributed by atoms with van der Waals surface area (Å²) < 4.78 is 34.3. The Kier molecular flexibility index (Phi) is 7.17. The molecular formula is C20H28N2O3S. The van der Waals surface area contributed by atoms with Gasteiger partial charge in [-0.3, -0.25) is 4.98 Å². The van der Waals surface area contributed by atoms with E-state index in [4.69, 9.17) is 4.74 Å². The lowest BCUT2D eigenvalue weighted by Gasteiger charge is -2.18. The quantitative estimate of drug-likeness (QED) is 0.667. The Hall–Kier alpha value is -1.92. The van der Waals surface area contributed by atoms with Crippen molar-refractivity contribution in [2.24, 2.45) is 0 Å². The van der Waals surface area contributed by atoms with E-state index in [-0.39, 0.29) is 17.4 Å². The Bertz CT molecular complexity index is 818. The summed E-state index contributed by atoms with van der Waals surface area (Å²) in [4.78, 5) is 4.22. The monoisotopic (exact) mass is 376 g/mol. The van der Waals surface area contributed by atoms with Crippen LogP contribution in [0.25, 0.3) is 0 Å². The van der Waals surface area contributed by atoms with Crippen molar-refractivity contribution in [2.75, 3.05) is 6.61 Å². The molecule has 6 heteroatoms. The Balaban J connectivity index is 2.34. The number of ether oxygens (including phenoxy) is 1. The molecule has 2 aromatic rings. The molecule has 1 aromatic carbocycles. The molecule has 0 aliphatic rings. The number of pyridine rings is 1. The first-order valence-electron chi connectivity index (χ1n) is 9.01.